The molecule has 0 saturated carbocycles. The molecule has 2 fully saturated rings. The van der Waals surface area contributed by atoms with Gasteiger partial charge in [0.05, 0.1) is 93.3 Å². The minimum atomic E-state index is -3.65. The number of likely N-dealkylation sites (N-methyl/N-ethyl adjacent to an activating group) is 1. The Morgan fingerprint density at radius 3 is 1.50 bits per heavy atom. The molecule has 3 aromatic carbocycles. The summed E-state index contributed by atoms with van der Waals surface area (Å²) in [6, 6.07) is 40.2. The van der Waals surface area contributed by atoms with Gasteiger partial charge in [0, 0.05) is 105 Å². The van der Waals surface area contributed by atoms with Gasteiger partial charge in [-0.25, -0.2) is 47.1 Å². The molecular formula is C81H96BBr5ClN13O13S5. The SMILES string of the molecule is C=CCN(c1cc(Br)cnc1C)S(=O)(=O)/C=C/c1ccccc1.CC(=O)Nc1cc(B2OC(C)(C)C(C)(C)O2)ccn1.CNC.Cc1ncc(Br)cc1CS(=O)(=O)/C=C/c1ccccc1.Cc1ncc(Br)cc1N.Cc1ncc(Br)cc1N1CC(N(C)C)CS1(=O)=O.Cc1ncc(Br)cc1N1CC=CS1(=O)=O.O=S(=O)(Cl)/C=C/c1ccccc1. The van der Waals surface area contributed by atoms with Crippen LogP contribution in [0, 0.1) is 34.6 Å². The normalized spacial score (nSPS) is 15.3. The average molecular weight is 2070 g/mol. The highest BCUT2D eigenvalue weighted by Gasteiger charge is 2.52. The summed E-state index contributed by atoms with van der Waals surface area (Å²) in [7, 11) is -4.96. The van der Waals surface area contributed by atoms with Crippen molar-refractivity contribution in [1.29, 1.82) is 0 Å². The van der Waals surface area contributed by atoms with Crippen LogP contribution < -0.4 is 34.7 Å². The van der Waals surface area contributed by atoms with Gasteiger partial charge in [-0.3, -0.25) is 42.6 Å². The lowest BCUT2D eigenvalue weighted by Gasteiger charge is -2.32. The standard InChI is InChI=1S/C17H17BrN2O2S.C15H14BrNO2S.C13H19BN2O3.C11H16BrN3O2S.C9H9BrN2O2S.C8H7ClO2S.C6H7BrN2.C2H7N/c1-3-10-20(17-12-16(18)13-19-14(17)2)23(21,22)11-9-15-7-5-4-6-8-15;1-12-14(9-15(16)10-17-12)11-20(18,19)8-7-13-5-3-2-4-6-13;1-9(17)16-11-8-10(6-7-15-11)14-18-12(2,3)13(4,5)19-14;1-8-11(4-9(12)5-13-8)15-6-10(14(2)3)7-18(15,16)17;1-7-9(5-8(10)6-11-7)12-3-2-4-15(12,13)14;9-12(10,11)7-6-8-4-2-1-3-5-8;1-4-6(8)2-5(7)3-9-4;1-3-2/h3-9,11-13H,1,10H2,2H3;2-10H,11H2,1H3;6-8H,1-5H3,(H,15,16,17);4-5,10H,6-7H2,1-3H3;2,4-6H,3H2,1H3;1-7H;2-3H,8H2,1H3;3H,1-2H3/b11-9+;8-7+;;;;7-6+;;. The van der Waals surface area contributed by atoms with E-state index in [2.05, 4.69) is 127 Å². The van der Waals surface area contributed by atoms with Crippen LogP contribution in [-0.4, -0.2) is 161 Å². The van der Waals surface area contributed by atoms with Crippen molar-refractivity contribution in [2.75, 3.05) is 77.5 Å². The van der Waals surface area contributed by atoms with E-state index in [1.54, 1.807) is 125 Å². The maximum atomic E-state index is 12.7. The van der Waals surface area contributed by atoms with E-state index in [9.17, 15) is 46.9 Å². The maximum absolute atomic E-state index is 12.7. The van der Waals surface area contributed by atoms with Crippen molar-refractivity contribution in [3.8, 4) is 0 Å². The predicted octanol–water partition coefficient (Wildman–Crippen LogP) is 16.1. The van der Waals surface area contributed by atoms with E-state index in [1.165, 1.54) is 42.1 Å². The van der Waals surface area contributed by atoms with Crippen LogP contribution in [0.5, 0.6) is 0 Å². The zero-order valence-corrected chi connectivity index (χ0v) is 80.7. The average Bonchev–Trinajstić information content (AvgIpc) is 1.63. The van der Waals surface area contributed by atoms with Gasteiger partial charge in [-0.15, -0.1) is 6.58 Å². The van der Waals surface area contributed by atoms with Crippen LogP contribution >= 0.6 is 90.3 Å². The molecule has 638 valence electrons. The van der Waals surface area contributed by atoms with Gasteiger partial charge in [0.15, 0.2) is 9.84 Å². The number of sulfone groups is 1. The van der Waals surface area contributed by atoms with E-state index < -0.39 is 56.1 Å². The first-order chi connectivity index (χ1) is 55.6. The van der Waals surface area contributed by atoms with Gasteiger partial charge in [0.25, 0.3) is 29.1 Å². The number of amides is 1. The van der Waals surface area contributed by atoms with Crippen molar-refractivity contribution in [2.24, 2.45) is 0 Å². The third kappa shape index (κ3) is 34.3. The van der Waals surface area contributed by atoms with Crippen LogP contribution in [0.15, 0.2) is 233 Å². The summed E-state index contributed by atoms with van der Waals surface area (Å²) in [5.41, 5.74) is 15.0. The lowest BCUT2D eigenvalue weighted by molar-refractivity contribution is -0.114. The monoisotopic (exact) mass is 2060 g/mol. The Hall–Kier alpha value is -7.73. The molecule has 9 heterocycles. The van der Waals surface area contributed by atoms with Crippen molar-refractivity contribution < 1.29 is 56.2 Å². The number of nitrogens with zero attached hydrogens (tertiary/aromatic N) is 10. The van der Waals surface area contributed by atoms with E-state index in [0.717, 1.165) is 72.7 Å². The third-order valence-electron chi connectivity index (χ3n) is 17.1. The topological polar surface area (TPSA) is 347 Å². The van der Waals surface area contributed by atoms with Crippen LogP contribution in [-0.2, 0) is 68.8 Å². The number of sulfonamides is 3. The molecule has 0 aliphatic carbocycles. The van der Waals surface area contributed by atoms with Gasteiger partial charge < -0.3 is 30.6 Å². The Morgan fingerprint density at radius 1 is 0.622 bits per heavy atom. The highest BCUT2D eigenvalue weighted by atomic mass is 79.9. The van der Waals surface area contributed by atoms with Gasteiger partial charge in [-0.2, -0.15) is 0 Å². The molecule has 1 amide bonds. The first-order valence-electron chi connectivity index (χ1n) is 36.0. The van der Waals surface area contributed by atoms with Crippen molar-refractivity contribution in [2.45, 2.75) is 92.2 Å². The summed E-state index contributed by atoms with van der Waals surface area (Å²) >= 11 is 16.5. The number of hydrogen-bond donors (Lipinski definition) is 3. The molecule has 26 nitrogen and oxygen atoms in total. The predicted molar refractivity (Wildman–Crippen MR) is 501 cm³/mol. The van der Waals surface area contributed by atoms with Gasteiger partial charge in [-0.05, 0) is 259 Å². The molecule has 0 radical (unpaired) electrons. The summed E-state index contributed by atoms with van der Waals surface area (Å²) in [5.74, 6) is 0.457. The minimum absolute atomic E-state index is 0.0216. The molecule has 1 unspecified atom stereocenters. The molecular weight excluding hydrogens is 1970 g/mol. The summed E-state index contributed by atoms with van der Waals surface area (Å²) in [4.78, 5) is 37.7. The fourth-order valence-electron chi connectivity index (χ4n) is 10.2. The van der Waals surface area contributed by atoms with Gasteiger partial charge in [0.1, 0.15) is 5.82 Å². The molecule has 2 saturated heterocycles. The minimum Gasteiger partial charge on any atom is -0.399 e. The molecule has 4 N–H and O–H groups in total. The van der Waals surface area contributed by atoms with E-state index in [-0.39, 0.29) is 41.2 Å². The fraction of sp³-hybridized carbons (Fsp3) is 0.272. The molecule has 12 rings (SSSR count). The second-order valence-corrected chi connectivity index (χ2v) is 41.8. The van der Waals surface area contributed by atoms with Crippen LogP contribution in [0.4, 0.5) is 28.6 Å². The molecule has 0 spiro atoms. The van der Waals surface area contributed by atoms with Gasteiger partial charge >= 0.3 is 7.12 Å². The number of carbonyl (C=O) groups excluding carboxylic acids is 1. The maximum Gasteiger partial charge on any atom is 0.495 e. The molecule has 119 heavy (non-hydrogen) atoms. The quantitative estimate of drug-likeness (QED) is 0.0433. The van der Waals surface area contributed by atoms with Crippen LogP contribution in [0.25, 0.3) is 18.2 Å². The Labute approximate surface area is 747 Å². The first-order valence-corrected chi connectivity index (χ1v) is 48.7. The Kier molecular flexibility index (Phi) is 40.3. The number of halogens is 6. The van der Waals surface area contributed by atoms with E-state index in [0.29, 0.717) is 52.9 Å². The number of benzene rings is 3. The number of anilines is 5. The van der Waals surface area contributed by atoms with E-state index >= 15 is 0 Å². The number of aromatic nitrogens is 6. The van der Waals surface area contributed by atoms with Crippen molar-refractivity contribution in [3.05, 3.63) is 284 Å². The largest absolute Gasteiger partial charge is 0.495 e. The zero-order valence-electron chi connectivity index (χ0n) is 67.9. The lowest BCUT2D eigenvalue weighted by atomic mass is 9.80. The van der Waals surface area contributed by atoms with Crippen LogP contribution in [0.1, 0.15) is 85.3 Å². The number of hydrogen-bond acceptors (Lipinski definition) is 22. The number of aryl methyl sites for hydroxylation is 5. The highest BCUT2D eigenvalue weighted by Crippen LogP contribution is 2.37. The van der Waals surface area contributed by atoms with Crippen LogP contribution in [0.3, 0.4) is 0 Å². The van der Waals surface area contributed by atoms with Crippen LogP contribution in [0.2, 0.25) is 0 Å². The lowest BCUT2D eigenvalue weighted by Crippen LogP contribution is -2.41. The van der Waals surface area contributed by atoms with Gasteiger partial charge in [0.2, 0.25) is 15.9 Å². The highest BCUT2D eigenvalue weighted by molar-refractivity contribution is 9.11. The Balaban J connectivity index is 0.000000249. The molecule has 3 aliphatic rings. The van der Waals surface area contributed by atoms with E-state index in [4.69, 9.17) is 25.7 Å². The van der Waals surface area contributed by atoms with Crippen molar-refractivity contribution in [3.63, 3.8) is 0 Å². The molecule has 3 aliphatic heterocycles. The smallest absolute Gasteiger partial charge is 0.399 e. The molecule has 9 aromatic rings. The number of carbonyl (C=O) groups is 1. The second kappa shape index (κ2) is 47.1. The summed E-state index contributed by atoms with van der Waals surface area (Å²) < 4.78 is 138. The number of rotatable bonds is 17. The first kappa shape index (κ1) is 102. The number of nitrogen functional groups attached to an aromatic ring is 1. The Morgan fingerprint density at radius 2 is 1.06 bits per heavy atom. The van der Waals surface area contributed by atoms with Gasteiger partial charge in [-0.1, -0.05) is 103 Å². The zero-order chi connectivity index (χ0) is 88.9. The van der Waals surface area contributed by atoms with Crippen molar-refractivity contribution in [1.82, 2.24) is 40.1 Å². The molecule has 1 atom stereocenters. The van der Waals surface area contributed by atoms with E-state index in [1.807, 2.05) is 166 Å². The number of nitrogens with one attached hydrogen (secondary N) is 2. The summed E-state index contributed by atoms with van der Waals surface area (Å²) in [6.07, 6.45) is 17.8. The molecule has 6 aromatic heterocycles. The Bertz CT molecular complexity index is 5630. The van der Waals surface area contributed by atoms with Crippen molar-refractivity contribution >= 4 is 205 Å². The molecule has 0 bridgehead atoms. The number of pyridine rings is 6. The molecule has 38 heteroatoms. The third-order valence-corrected chi connectivity index (χ3v) is 26.1. The number of nitrogens with two attached hydrogens (primary N) is 1. The second-order valence-electron chi connectivity index (χ2n) is 27.4. The summed E-state index contributed by atoms with van der Waals surface area (Å²) in [5, 5.41) is 10.0. The fourth-order valence-corrected chi connectivity index (χ4v) is 18.0. The summed E-state index contributed by atoms with van der Waals surface area (Å²) in [6.45, 7) is 23.2.